The van der Waals surface area contributed by atoms with Crippen LogP contribution >= 0.6 is 0 Å². The molecule has 3 aromatic carbocycles. The predicted octanol–water partition coefficient (Wildman–Crippen LogP) is 3.97. The molecule has 0 aliphatic rings. The van der Waals surface area contributed by atoms with E-state index in [9.17, 15) is 19.7 Å². The summed E-state index contributed by atoms with van der Waals surface area (Å²) in [6, 6.07) is 17.1. The zero-order chi connectivity index (χ0) is 21.0. The highest BCUT2D eigenvalue weighted by Gasteiger charge is 2.22. The first kappa shape index (κ1) is 19.8. The van der Waals surface area contributed by atoms with E-state index in [1.807, 2.05) is 36.4 Å². The Labute approximate surface area is 166 Å². The predicted molar refractivity (Wildman–Crippen MR) is 110 cm³/mol. The Bertz CT molecular complexity index is 1100. The van der Waals surface area contributed by atoms with Crippen molar-refractivity contribution in [3.05, 3.63) is 76.3 Å². The molecule has 0 aliphatic carbocycles. The number of fused-ring (bicyclic) bond motifs is 1. The number of nitro groups is 1. The number of ether oxygens (including phenoxy) is 1. The number of nitrogens with zero attached hydrogens (tertiary/aromatic N) is 1. The van der Waals surface area contributed by atoms with Gasteiger partial charge in [0.05, 0.1) is 10.5 Å². The molecule has 148 valence electrons. The number of carbonyl (C=O) groups excluding carboxylic acids is 2. The molecule has 0 saturated heterocycles. The second kappa shape index (κ2) is 8.39. The third-order valence-electron chi connectivity index (χ3n) is 4.37. The maximum absolute atomic E-state index is 12.4. The number of hydrogen-bond acceptors (Lipinski definition) is 6. The van der Waals surface area contributed by atoms with Crippen LogP contribution < -0.4 is 10.6 Å². The van der Waals surface area contributed by atoms with E-state index in [0.717, 1.165) is 16.8 Å². The van der Waals surface area contributed by atoms with Crippen molar-refractivity contribution in [3.63, 3.8) is 0 Å². The number of anilines is 2. The molecule has 0 saturated carbocycles. The fourth-order valence-corrected chi connectivity index (χ4v) is 2.81. The van der Waals surface area contributed by atoms with Crippen LogP contribution in [-0.4, -0.2) is 30.0 Å². The lowest BCUT2D eigenvalue weighted by Crippen LogP contribution is -2.30. The summed E-state index contributed by atoms with van der Waals surface area (Å²) in [7, 11) is 1.54. The van der Waals surface area contributed by atoms with Gasteiger partial charge in [0.15, 0.2) is 6.10 Å². The maximum Gasteiger partial charge on any atom is 0.339 e. The van der Waals surface area contributed by atoms with Crippen LogP contribution in [0.1, 0.15) is 17.3 Å². The van der Waals surface area contributed by atoms with Gasteiger partial charge in [0, 0.05) is 18.8 Å². The Kier molecular flexibility index (Phi) is 5.73. The molecule has 1 unspecified atom stereocenters. The molecule has 0 bridgehead atoms. The lowest BCUT2D eigenvalue weighted by atomic mass is 10.1. The van der Waals surface area contributed by atoms with E-state index in [2.05, 4.69) is 10.6 Å². The zero-order valence-electron chi connectivity index (χ0n) is 15.8. The minimum absolute atomic E-state index is 0.0129. The number of rotatable bonds is 6. The second-order valence-corrected chi connectivity index (χ2v) is 6.34. The Balaban J connectivity index is 1.69. The Hall–Kier alpha value is -3.94. The fourth-order valence-electron chi connectivity index (χ4n) is 2.81. The van der Waals surface area contributed by atoms with Gasteiger partial charge < -0.3 is 15.4 Å². The van der Waals surface area contributed by atoms with E-state index in [1.54, 1.807) is 13.1 Å². The van der Waals surface area contributed by atoms with E-state index in [0.29, 0.717) is 5.69 Å². The van der Waals surface area contributed by atoms with Crippen LogP contribution in [0, 0.1) is 10.1 Å². The van der Waals surface area contributed by atoms with Gasteiger partial charge in [-0.15, -0.1) is 0 Å². The van der Waals surface area contributed by atoms with E-state index in [4.69, 9.17) is 4.74 Å². The summed E-state index contributed by atoms with van der Waals surface area (Å²) in [4.78, 5) is 35.2. The minimum Gasteiger partial charge on any atom is -0.449 e. The van der Waals surface area contributed by atoms with E-state index in [-0.39, 0.29) is 16.9 Å². The van der Waals surface area contributed by atoms with Gasteiger partial charge in [-0.05, 0) is 42.0 Å². The van der Waals surface area contributed by atoms with Crippen molar-refractivity contribution in [2.75, 3.05) is 17.7 Å². The van der Waals surface area contributed by atoms with Gasteiger partial charge >= 0.3 is 5.97 Å². The fraction of sp³-hybridized carbons (Fsp3) is 0.143. The highest BCUT2D eigenvalue weighted by molar-refractivity contribution is 5.99. The molecule has 8 heteroatoms. The molecule has 0 aliphatic heterocycles. The van der Waals surface area contributed by atoms with Crippen molar-refractivity contribution in [1.29, 1.82) is 0 Å². The summed E-state index contributed by atoms with van der Waals surface area (Å²) < 4.78 is 5.17. The van der Waals surface area contributed by atoms with E-state index < -0.39 is 22.9 Å². The summed E-state index contributed by atoms with van der Waals surface area (Å²) in [5, 5.41) is 18.5. The minimum atomic E-state index is -1.09. The molecule has 0 radical (unpaired) electrons. The summed E-state index contributed by atoms with van der Waals surface area (Å²) >= 11 is 0. The van der Waals surface area contributed by atoms with Gasteiger partial charge in [-0.3, -0.25) is 14.9 Å². The molecule has 0 aromatic heterocycles. The van der Waals surface area contributed by atoms with Gasteiger partial charge in [-0.25, -0.2) is 4.79 Å². The molecule has 29 heavy (non-hydrogen) atoms. The summed E-state index contributed by atoms with van der Waals surface area (Å²) in [6.07, 6.45) is -1.09. The van der Waals surface area contributed by atoms with Crippen LogP contribution in [0.2, 0.25) is 0 Å². The number of carbonyl (C=O) groups is 2. The van der Waals surface area contributed by atoms with Crippen molar-refractivity contribution in [3.8, 4) is 0 Å². The van der Waals surface area contributed by atoms with Crippen molar-refractivity contribution in [2.45, 2.75) is 13.0 Å². The Morgan fingerprint density at radius 2 is 1.76 bits per heavy atom. The van der Waals surface area contributed by atoms with Crippen molar-refractivity contribution < 1.29 is 19.2 Å². The number of esters is 1. The molecular formula is C21H19N3O5. The van der Waals surface area contributed by atoms with Crippen molar-refractivity contribution in [2.24, 2.45) is 0 Å². The van der Waals surface area contributed by atoms with Crippen molar-refractivity contribution in [1.82, 2.24) is 0 Å². The Morgan fingerprint density at radius 3 is 2.45 bits per heavy atom. The molecule has 1 atom stereocenters. The van der Waals surface area contributed by atoms with Gasteiger partial charge in [0.1, 0.15) is 5.69 Å². The average Bonchev–Trinajstić information content (AvgIpc) is 2.72. The topological polar surface area (TPSA) is 111 Å². The highest BCUT2D eigenvalue weighted by atomic mass is 16.6. The third kappa shape index (κ3) is 4.49. The van der Waals surface area contributed by atoms with Crippen molar-refractivity contribution >= 4 is 39.7 Å². The van der Waals surface area contributed by atoms with Gasteiger partial charge in [-0.1, -0.05) is 30.3 Å². The first-order valence-corrected chi connectivity index (χ1v) is 8.86. The normalized spacial score (nSPS) is 11.5. The first-order valence-electron chi connectivity index (χ1n) is 8.86. The van der Waals surface area contributed by atoms with Crippen LogP contribution in [0.4, 0.5) is 17.1 Å². The molecule has 0 spiro atoms. The molecule has 3 rings (SSSR count). The quantitative estimate of drug-likeness (QED) is 0.372. The first-order chi connectivity index (χ1) is 13.9. The van der Waals surface area contributed by atoms with Gasteiger partial charge in [-0.2, -0.15) is 0 Å². The number of amides is 1. The maximum atomic E-state index is 12.4. The van der Waals surface area contributed by atoms with Gasteiger partial charge in [0.25, 0.3) is 11.6 Å². The molecule has 8 nitrogen and oxygen atoms in total. The number of nitro benzene ring substituents is 1. The van der Waals surface area contributed by atoms with Crippen LogP contribution in [0.3, 0.4) is 0 Å². The smallest absolute Gasteiger partial charge is 0.339 e. The average molecular weight is 393 g/mol. The lowest BCUT2D eigenvalue weighted by molar-refractivity contribution is -0.384. The Morgan fingerprint density at radius 1 is 1.03 bits per heavy atom. The van der Waals surface area contributed by atoms with Gasteiger partial charge in [0.2, 0.25) is 0 Å². The second-order valence-electron chi connectivity index (χ2n) is 6.34. The van der Waals surface area contributed by atoms with Crippen LogP contribution in [-0.2, 0) is 9.53 Å². The summed E-state index contributed by atoms with van der Waals surface area (Å²) in [5.41, 5.74) is 0.579. The summed E-state index contributed by atoms with van der Waals surface area (Å²) in [5.74, 6) is -1.33. The molecule has 0 fully saturated rings. The van der Waals surface area contributed by atoms with E-state index >= 15 is 0 Å². The van der Waals surface area contributed by atoms with Crippen LogP contribution in [0.25, 0.3) is 10.8 Å². The molecule has 0 heterocycles. The molecular weight excluding hydrogens is 374 g/mol. The molecule has 3 aromatic rings. The molecule has 2 N–H and O–H groups in total. The third-order valence-corrected chi connectivity index (χ3v) is 4.37. The largest absolute Gasteiger partial charge is 0.449 e. The van der Waals surface area contributed by atoms with E-state index in [1.165, 1.54) is 19.1 Å². The lowest BCUT2D eigenvalue weighted by Gasteiger charge is -2.14. The molecule has 1 amide bonds. The highest BCUT2D eigenvalue weighted by Crippen LogP contribution is 2.25. The SMILES string of the molecule is CNc1ccc(C(=O)OC(C)C(=O)Nc2ccc3ccccc3c2)cc1[N+](=O)[O-]. The number of benzene rings is 3. The number of nitrogens with one attached hydrogen (secondary N) is 2. The van der Waals surface area contributed by atoms with Crippen LogP contribution in [0.15, 0.2) is 60.7 Å². The van der Waals surface area contributed by atoms with Crippen LogP contribution in [0.5, 0.6) is 0 Å². The summed E-state index contributed by atoms with van der Waals surface area (Å²) in [6.45, 7) is 1.44. The number of hydrogen-bond donors (Lipinski definition) is 2. The monoisotopic (exact) mass is 393 g/mol. The zero-order valence-corrected chi connectivity index (χ0v) is 15.8. The standard InChI is InChI=1S/C21H19N3O5/c1-13(20(25)23-17-9-7-14-5-3-4-6-15(14)11-17)29-21(26)16-8-10-18(22-2)19(12-16)24(27)28/h3-13,22H,1-2H3,(H,23,25).